The molecule has 0 aromatic heterocycles. The molecule has 1 aliphatic rings. The van der Waals surface area contributed by atoms with Crippen molar-refractivity contribution in [2.75, 3.05) is 0 Å². The predicted octanol–water partition coefficient (Wildman–Crippen LogP) is 1.63. The summed E-state index contributed by atoms with van der Waals surface area (Å²) in [4.78, 5) is 10.7. The van der Waals surface area contributed by atoms with Crippen LogP contribution in [-0.4, -0.2) is 5.78 Å². The van der Waals surface area contributed by atoms with Crippen LogP contribution in [0.4, 0.5) is 0 Å². The Balaban J connectivity index is 2.70. The Hall–Kier alpha value is -1.11. The average Bonchev–Trinajstić information content (AvgIpc) is 1.79. The molecule has 0 heterocycles. The van der Waals surface area contributed by atoms with Gasteiger partial charge in [0.15, 0.2) is 5.78 Å². The van der Waals surface area contributed by atoms with Crippen LogP contribution in [0.3, 0.4) is 0 Å². The SMILES string of the molecule is O=C1C=CC=CC=CC1. The molecule has 0 saturated heterocycles. The lowest BCUT2D eigenvalue weighted by Crippen LogP contribution is -1.88. The van der Waals surface area contributed by atoms with Crippen molar-refractivity contribution in [1.29, 1.82) is 0 Å². The van der Waals surface area contributed by atoms with E-state index in [1.807, 2.05) is 24.3 Å². The molecule has 0 atom stereocenters. The zero-order valence-corrected chi connectivity index (χ0v) is 5.08. The number of carbonyl (C=O) groups excluding carboxylic acids is 1. The highest BCUT2D eigenvalue weighted by molar-refractivity contribution is 5.91. The van der Waals surface area contributed by atoms with Gasteiger partial charge in [0.05, 0.1) is 0 Å². The topological polar surface area (TPSA) is 17.1 Å². The van der Waals surface area contributed by atoms with Gasteiger partial charge >= 0.3 is 0 Å². The van der Waals surface area contributed by atoms with Crippen LogP contribution in [-0.2, 0) is 4.79 Å². The van der Waals surface area contributed by atoms with Crippen molar-refractivity contribution >= 4 is 5.78 Å². The molecule has 1 nitrogen and oxygen atoms in total. The van der Waals surface area contributed by atoms with E-state index in [1.165, 1.54) is 0 Å². The van der Waals surface area contributed by atoms with Crippen LogP contribution in [0.25, 0.3) is 0 Å². The van der Waals surface area contributed by atoms with Gasteiger partial charge in [0.2, 0.25) is 0 Å². The van der Waals surface area contributed by atoms with Gasteiger partial charge in [-0.2, -0.15) is 0 Å². The first-order valence-corrected chi connectivity index (χ1v) is 2.92. The first kappa shape index (κ1) is 6.02. The van der Waals surface area contributed by atoms with Crippen LogP contribution in [0.15, 0.2) is 36.5 Å². The Labute approximate surface area is 54.4 Å². The summed E-state index contributed by atoms with van der Waals surface area (Å²) in [6.45, 7) is 0. The number of allylic oxidation sites excluding steroid dienone is 6. The summed E-state index contributed by atoms with van der Waals surface area (Å²) >= 11 is 0. The van der Waals surface area contributed by atoms with Crippen molar-refractivity contribution in [3.05, 3.63) is 36.5 Å². The van der Waals surface area contributed by atoms with Crippen molar-refractivity contribution in [2.45, 2.75) is 6.42 Å². The van der Waals surface area contributed by atoms with Crippen molar-refractivity contribution in [3.63, 3.8) is 0 Å². The van der Waals surface area contributed by atoms with Crippen LogP contribution in [0.1, 0.15) is 6.42 Å². The molecule has 0 bridgehead atoms. The Morgan fingerprint density at radius 2 is 1.89 bits per heavy atom. The van der Waals surface area contributed by atoms with Gasteiger partial charge in [-0.15, -0.1) is 0 Å². The fourth-order valence-electron chi connectivity index (χ4n) is 0.622. The van der Waals surface area contributed by atoms with E-state index in [4.69, 9.17) is 0 Å². The first-order chi connectivity index (χ1) is 4.39. The highest BCUT2D eigenvalue weighted by Gasteiger charge is 1.90. The van der Waals surface area contributed by atoms with E-state index in [9.17, 15) is 4.79 Å². The minimum atomic E-state index is 0.163. The van der Waals surface area contributed by atoms with Crippen molar-refractivity contribution in [2.24, 2.45) is 0 Å². The number of hydrogen-bond donors (Lipinski definition) is 0. The molecule has 0 N–H and O–H groups in total. The molecule has 1 rings (SSSR count). The monoisotopic (exact) mass is 120 g/mol. The molecule has 0 amide bonds. The largest absolute Gasteiger partial charge is 0.295 e. The van der Waals surface area contributed by atoms with E-state index in [-0.39, 0.29) is 5.78 Å². The smallest absolute Gasteiger partial charge is 0.159 e. The van der Waals surface area contributed by atoms with E-state index in [1.54, 1.807) is 12.2 Å². The van der Waals surface area contributed by atoms with Crippen LogP contribution in [0.5, 0.6) is 0 Å². The standard InChI is InChI=1S/C8H8O/c9-8-6-4-2-1-3-5-7-8/h1-6H,7H2. The van der Waals surface area contributed by atoms with Crippen LogP contribution < -0.4 is 0 Å². The molecule has 0 fully saturated rings. The highest BCUT2D eigenvalue weighted by Crippen LogP contribution is 1.93. The van der Waals surface area contributed by atoms with Crippen LogP contribution in [0, 0.1) is 0 Å². The summed E-state index contributed by atoms with van der Waals surface area (Å²) < 4.78 is 0. The van der Waals surface area contributed by atoms with Crippen molar-refractivity contribution in [3.8, 4) is 0 Å². The number of rotatable bonds is 0. The fraction of sp³-hybridized carbons (Fsp3) is 0.125. The van der Waals surface area contributed by atoms with Crippen molar-refractivity contribution in [1.82, 2.24) is 0 Å². The maximum atomic E-state index is 10.7. The van der Waals surface area contributed by atoms with Gasteiger partial charge in [-0.25, -0.2) is 0 Å². The van der Waals surface area contributed by atoms with Crippen LogP contribution in [0.2, 0.25) is 0 Å². The van der Waals surface area contributed by atoms with Gasteiger partial charge in [0, 0.05) is 6.42 Å². The summed E-state index contributed by atoms with van der Waals surface area (Å²) in [6, 6.07) is 0. The molecule has 0 aliphatic heterocycles. The summed E-state index contributed by atoms with van der Waals surface area (Å²) in [6.07, 6.45) is 11.3. The number of hydrogen-bond acceptors (Lipinski definition) is 1. The third kappa shape index (κ3) is 2.08. The molecule has 46 valence electrons. The molecule has 0 aromatic rings. The number of ketones is 1. The zero-order chi connectivity index (χ0) is 6.53. The van der Waals surface area contributed by atoms with E-state index < -0.39 is 0 Å². The molecule has 0 aromatic carbocycles. The van der Waals surface area contributed by atoms with E-state index in [0.717, 1.165) is 0 Å². The van der Waals surface area contributed by atoms with E-state index >= 15 is 0 Å². The summed E-state index contributed by atoms with van der Waals surface area (Å²) in [5.74, 6) is 0.163. The second-order valence-electron chi connectivity index (χ2n) is 1.84. The van der Waals surface area contributed by atoms with Crippen LogP contribution >= 0.6 is 0 Å². The fourth-order valence-corrected chi connectivity index (χ4v) is 0.622. The summed E-state index contributed by atoms with van der Waals surface area (Å²) in [5.41, 5.74) is 0. The number of carbonyl (C=O) groups is 1. The first-order valence-electron chi connectivity index (χ1n) is 2.92. The Bertz CT molecular complexity index is 185. The Kier molecular flexibility index (Phi) is 2.02. The van der Waals surface area contributed by atoms with Gasteiger partial charge < -0.3 is 0 Å². The predicted molar refractivity (Wildman–Crippen MR) is 37.0 cm³/mol. The molecule has 1 heteroatoms. The minimum absolute atomic E-state index is 0.163. The third-order valence-electron chi connectivity index (χ3n) is 1.07. The Morgan fingerprint density at radius 1 is 1.11 bits per heavy atom. The second-order valence-corrected chi connectivity index (χ2v) is 1.84. The van der Waals surface area contributed by atoms with Gasteiger partial charge in [-0.05, 0) is 6.08 Å². The third-order valence-corrected chi connectivity index (χ3v) is 1.07. The molecular formula is C8H8O. The molecular weight excluding hydrogens is 112 g/mol. The molecule has 0 unspecified atom stereocenters. The van der Waals surface area contributed by atoms with Crippen molar-refractivity contribution < 1.29 is 4.79 Å². The van der Waals surface area contributed by atoms with Gasteiger partial charge in [-0.1, -0.05) is 30.4 Å². The lowest BCUT2D eigenvalue weighted by atomic mass is 10.2. The normalized spacial score (nSPS) is 17.6. The zero-order valence-electron chi connectivity index (χ0n) is 5.08. The average molecular weight is 120 g/mol. The molecule has 9 heavy (non-hydrogen) atoms. The molecule has 0 spiro atoms. The lowest BCUT2D eigenvalue weighted by molar-refractivity contribution is -0.113. The highest BCUT2D eigenvalue weighted by atomic mass is 16.1. The van der Waals surface area contributed by atoms with Gasteiger partial charge in [-0.3, -0.25) is 4.79 Å². The van der Waals surface area contributed by atoms with E-state index in [2.05, 4.69) is 0 Å². The second kappa shape index (κ2) is 3.02. The van der Waals surface area contributed by atoms with Gasteiger partial charge in [0.25, 0.3) is 0 Å². The summed E-state index contributed by atoms with van der Waals surface area (Å²) in [5, 5.41) is 0. The van der Waals surface area contributed by atoms with E-state index in [0.29, 0.717) is 6.42 Å². The quantitative estimate of drug-likeness (QED) is 0.474. The molecule has 0 saturated carbocycles. The molecule has 1 aliphatic carbocycles. The summed E-state index contributed by atoms with van der Waals surface area (Å²) in [7, 11) is 0. The maximum Gasteiger partial charge on any atom is 0.159 e. The Morgan fingerprint density at radius 3 is 2.78 bits per heavy atom. The molecule has 0 radical (unpaired) electrons. The lowest BCUT2D eigenvalue weighted by Gasteiger charge is -1.86. The minimum Gasteiger partial charge on any atom is -0.295 e. The van der Waals surface area contributed by atoms with Gasteiger partial charge in [0.1, 0.15) is 0 Å². The maximum absolute atomic E-state index is 10.7.